The lowest BCUT2D eigenvalue weighted by Gasteiger charge is -2.22. The number of amides is 1. The monoisotopic (exact) mass is 670 g/mol. The van der Waals surface area contributed by atoms with E-state index in [4.69, 9.17) is 21.8 Å². The molecule has 0 saturated carbocycles. The quantitative estimate of drug-likeness (QED) is 0.149. The second-order valence-corrected chi connectivity index (χ2v) is 11.7. The topological polar surface area (TPSA) is 103 Å². The van der Waals surface area contributed by atoms with Gasteiger partial charge in [-0.25, -0.2) is 15.1 Å². The molecule has 3 aromatic carbocycles. The smallest absolute Gasteiger partial charge is 0.497 e. The van der Waals surface area contributed by atoms with E-state index in [1.165, 1.54) is 47.0 Å². The number of carbonyl (C=O) groups excluding carboxylic acids is 1. The number of nitrogens with one attached hydrogen (secondary N) is 1. The maximum absolute atomic E-state index is 12.9. The zero-order chi connectivity index (χ0) is 33.0. The molecule has 2 heterocycles. The van der Waals surface area contributed by atoms with Gasteiger partial charge in [0.25, 0.3) is 0 Å². The Kier molecular flexibility index (Phi) is 9.94. The molecule has 1 atom stereocenters. The van der Waals surface area contributed by atoms with Crippen LogP contribution in [0.4, 0.5) is 18.9 Å². The number of thioether (sulfide) groups is 1. The summed E-state index contributed by atoms with van der Waals surface area (Å²) in [6.45, 7) is 5.94. The van der Waals surface area contributed by atoms with Crippen LogP contribution in [0.15, 0.2) is 78.0 Å². The Morgan fingerprint density at radius 3 is 2.39 bits per heavy atom. The van der Waals surface area contributed by atoms with E-state index in [2.05, 4.69) is 39.1 Å². The summed E-state index contributed by atoms with van der Waals surface area (Å²) in [5, 5.41) is 4.93. The van der Waals surface area contributed by atoms with Gasteiger partial charge in [-0.2, -0.15) is 4.99 Å². The lowest BCUT2D eigenvalue weighted by Crippen LogP contribution is -2.32. The second-order valence-electron chi connectivity index (χ2n) is 10.3. The molecule has 240 valence electrons. The van der Waals surface area contributed by atoms with Gasteiger partial charge in [0.2, 0.25) is 11.0 Å². The Hall–Kier alpha value is -4.47. The van der Waals surface area contributed by atoms with Crippen molar-refractivity contribution in [1.82, 2.24) is 20.2 Å². The molecule has 1 aliphatic heterocycles. The van der Waals surface area contributed by atoms with Crippen molar-refractivity contribution in [2.24, 2.45) is 4.99 Å². The average Bonchev–Trinajstić information content (AvgIpc) is 3.66. The lowest BCUT2D eigenvalue weighted by molar-refractivity contribution is -0.274. The summed E-state index contributed by atoms with van der Waals surface area (Å²) in [5.74, 6) is 1.02. The summed E-state index contributed by atoms with van der Waals surface area (Å²) in [6.07, 6.45) is -3.72. The van der Waals surface area contributed by atoms with Gasteiger partial charge in [-0.05, 0) is 66.5 Å². The molecule has 1 amide bonds. The largest absolute Gasteiger partial charge is 0.573 e. The van der Waals surface area contributed by atoms with Gasteiger partial charge in [-0.3, -0.25) is 14.5 Å². The summed E-state index contributed by atoms with van der Waals surface area (Å²) in [4.78, 5) is 29.0. The van der Waals surface area contributed by atoms with Crippen molar-refractivity contribution < 1.29 is 32.3 Å². The van der Waals surface area contributed by atoms with Crippen LogP contribution in [-0.2, 0) is 9.63 Å². The van der Waals surface area contributed by atoms with Crippen LogP contribution in [-0.4, -0.2) is 50.2 Å². The van der Waals surface area contributed by atoms with E-state index in [1.54, 1.807) is 12.0 Å². The molecule has 1 aliphatic rings. The Bertz CT molecular complexity index is 1740. The van der Waals surface area contributed by atoms with Gasteiger partial charge in [0.1, 0.15) is 23.9 Å². The number of carbonyl (C=O) groups is 1. The molecular weight excluding hydrogens is 642 g/mol. The second kappa shape index (κ2) is 13.9. The molecule has 1 saturated heterocycles. The highest BCUT2D eigenvalue weighted by Crippen LogP contribution is 2.36. The zero-order valence-corrected chi connectivity index (χ0v) is 26.7. The number of thiocarbonyl (C=S) groups is 1. The zero-order valence-electron chi connectivity index (χ0n) is 25.1. The number of rotatable bonds is 9. The maximum atomic E-state index is 12.9. The number of halogens is 3. The molecule has 0 aliphatic carbocycles. The Labute approximate surface area is 272 Å². The lowest BCUT2D eigenvalue weighted by atomic mass is 10.00. The Morgan fingerprint density at radius 1 is 1.04 bits per heavy atom. The van der Waals surface area contributed by atoms with Crippen LogP contribution in [0.5, 0.6) is 11.5 Å². The summed E-state index contributed by atoms with van der Waals surface area (Å²) in [7, 11) is 1.57. The fourth-order valence-corrected chi connectivity index (χ4v) is 5.61. The predicted molar refractivity (Wildman–Crippen MR) is 173 cm³/mol. The first kappa shape index (κ1) is 32.9. The predicted octanol–water partition coefficient (Wildman–Crippen LogP) is 6.97. The van der Waals surface area contributed by atoms with Gasteiger partial charge >= 0.3 is 6.36 Å². The van der Waals surface area contributed by atoms with Crippen molar-refractivity contribution in [2.45, 2.75) is 39.2 Å². The number of hydroxylamine groups is 1. The van der Waals surface area contributed by atoms with Crippen LogP contribution >= 0.6 is 24.0 Å². The van der Waals surface area contributed by atoms with Crippen molar-refractivity contribution >= 4 is 45.9 Å². The summed E-state index contributed by atoms with van der Waals surface area (Å²) in [6, 6.07) is 18.3. The van der Waals surface area contributed by atoms with Crippen molar-refractivity contribution in [1.29, 1.82) is 0 Å². The molecule has 1 unspecified atom stereocenters. The van der Waals surface area contributed by atoms with Crippen LogP contribution in [0.1, 0.15) is 43.9 Å². The Morgan fingerprint density at radius 2 is 1.74 bits per heavy atom. The SMILES string of the molecule is COc1ccc(C(C)C)c(N2C(=O)CSC2=NC(=S)NOC(C)c2ccc(-c3ncn(-c4ccc(OC(F)(F)F)cc4)n3)cc2)c1. The first-order chi connectivity index (χ1) is 21.9. The Balaban J connectivity index is 1.21. The third-order valence-electron chi connectivity index (χ3n) is 6.85. The number of aromatic nitrogens is 3. The molecular formula is C31H29F3N6O4S2. The van der Waals surface area contributed by atoms with E-state index in [1.807, 2.05) is 49.4 Å². The highest BCUT2D eigenvalue weighted by atomic mass is 32.2. The fraction of sp³-hybridized carbons (Fsp3) is 0.258. The molecule has 1 aromatic heterocycles. The molecule has 1 N–H and O–H groups in total. The van der Waals surface area contributed by atoms with E-state index in [-0.39, 0.29) is 28.4 Å². The molecule has 0 spiro atoms. The van der Waals surface area contributed by atoms with Crippen molar-refractivity contribution in [3.63, 3.8) is 0 Å². The standard InChI is InChI=1S/C31H29F3N6O4S2/c1-18(2)25-14-13-24(42-4)15-26(25)40-27(41)16-46-30(40)36-29(45)38-44-19(3)20-5-7-21(8-6-20)28-35-17-39(37-28)22-9-11-23(12-10-22)43-31(32,33)34/h5-15,17-19H,16H2,1-4H3,(H,38,45). The molecule has 4 aromatic rings. The van der Waals surface area contributed by atoms with E-state index in [0.717, 1.165) is 16.7 Å². The summed E-state index contributed by atoms with van der Waals surface area (Å²) in [5.41, 5.74) is 6.46. The first-order valence-corrected chi connectivity index (χ1v) is 15.4. The number of alkyl halides is 3. The molecule has 10 nitrogen and oxygen atoms in total. The number of aliphatic imine (C=N–C) groups is 1. The minimum Gasteiger partial charge on any atom is -0.497 e. The normalized spacial score (nSPS) is 15.0. The van der Waals surface area contributed by atoms with Gasteiger partial charge in [0.15, 0.2) is 11.0 Å². The van der Waals surface area contributed by atoms with Gasteiger partial charge in [0, 0.05) is 11.6 Å². The van der Waals surface area contributed by atoms with Gasteiger partial charge in [0.05, 0.1) is 24.2 Å². The van der Waals surface area contributed by atoms with Crippen LogP contribution in [0, 0.1) is 0 Å². The molecule has 15 heteroatoms. The number of methoxy groups -OCH3 is 1. The minimum atomic E-state index is -4.76. The van der Waals surface area contributed by atoms with Gasteiger partial charge in [-0.1, -0.05) is 55.9 Å². The highest BCUT2D eigenvalue weighted by Gasteiger charge is 2.33. The van der Waals surface area contributed by atoms with E-state index in [0.29, 0.717) is 28.1 Å². The number of ether oxygens (including phenoxy) is 2. The number of hydrogen-bond donors (Lipinski definition) is 1. The van der Waals surface area contributed by atoms with Crippen LogP contribution in [0.25, 0.3) is 17.1 Å². The van der Waals surface area contributed by atoms with E-state index >= 15 is 0 Å². The van der Waals surface area contributed by atoms with Crippen molar-refractivity contribution in [3.05, 3.63) is 84.2 Å². The third kappa shape index (κ3) is 7.84. The molecule has 0 radical (unpaired) electrons. The fourth-order valence-electron chi connectivity index (χ4n) is 4.55. The number of amidine groups is 1. The number of hydrogen-bond acceptors (Lipinski definition) is 8. The minimum absolute atomic E-state index is 0.0624. The van der Waals surface area contributed by atoms with Crippen molar-refractivity contribution in [3.8, 4) is 28.6 Å². The molecule has 46 heavy (non-hydrogen) atoms. The first-order valence-electron chi connectivity index (χ1n) is 14.0. The van der Waals surface area contributed by atoms with E-state index in [9.17, 15) is 18.0 Å². The molecule has 5 rings (SSSR count). The number of anilines is 1. The van der Waals surface area contributed by atoms with Crippen LogP contribution < -0.4 is 19.9 Å². The highest BCUT2D eigenvalue weighted by molar-refractivity contribution is 8.15. The van der Waals surface area contributed by atoms with E-state index < -0.39 is 12.5 Å². The summed E-state index contributed by atoms with van der Waals surface area (Å²) < 4.78 is 48.0. The van der Waals surface area contributed by atoms with Crippen LogP contribution in [0.3, 0.4) is 0 Å². The van der Waals surface area contributed by atoms with Gasteiger partial charge < -0.3 is 9.47 Å². The van der Waals surface area contributed by atoms with Crippen molar-refractivity contribution in [2.75, 3.05) is 17.8 Å². The molecule has 1 fully saturated rings. The maximum Gasteiger partial charge on any atom is 0.573 e. The third-order valence-corrected chi connectivity index (χ3v) is 7.95. The number of nitrogens with zero attached hydrogens (tertiary/aromatic N) is 5. The average molecular weight is 671 g/mol. The van der Waals surface area contributed by atoms with Gasteiger partial charge in [-0.15, -0.1) is 18.3 Å². The number of benzene rings is 3. The van der Waals surface area contributed by atoms with Crippen LogP contribution in [0.2, 0.25) is 0 Å². The summed E-state index contributed by atoms with van der Waals surface area (Å²) >= 11 is 6.71. The molecule has 0 bridgehead atoms.